The lowest BCUT2D eigenvalue weighted by Crippen LogP contribution is -2.36. The van der Waals surface area contributed by atoms with Gasteiger partial charge in [-0.15, -0.1) is 0 Å². The van der Waals surface area contributed by atoms with Crippen LogP contribution in [0.1, 0.15) is 18.9 Å². The molecule has 0 N–H and O–H groups in total. The average molecular weight is 378 g/mol. The number of halogens is 1. The fourth-order valence-corrected chi connectivity index (χ4v) is 3.43. The van der Waals surface area contributed by atoms with Crippen molar-refractivity contribution >= 4 is 21.6 Å². The number of hydrogen-bond donors (Lipinski definition) is 0. The molecule has 0 fully saturated rings. The van der Waals surface area contributed by atoms with Crippen molar-refractivity contribution < 1.29 is 17.6 Å². The van der Waals surface area contributed by atoms with Crippen LogP contribution in [0, 0.1) is 5.82 Å². The van der Waals surface area contributed by atoms with Gasteiger partial charge in [-0.25, -0.2) is 12.8 Å². The Balaban J connectivity index is 2.06. The second-order valence-electron chi connectivity index (χ2n) is 5.95. The number of amides is 1. The van der Waals surface area contributed by atoms with Gasteiger partial charge in [0.1, 0.15) is 5.82 Å². The van der Waals surface area contributed by atoms with Gasteiger partial charge in [-0.1, -0.05) is 30.3 Å². The van der Waals surface area contributed by atoms with E-state index in [9.17, 15) is 17.6 Å². The SMILES string of the molecule is CCN(C(=O)CCN(Cc1ccc(F)cc1)S(C)(=O)=O)c1ccccc1. The Labute approximate surface area is 154 Å². The lowest BCUT2D eigenvalue weighted by Gasteiger charge is -2.24. The predicted molar refractivity (Wildman–Crippen MR) is 101 cm³/mol. The molecule has 0 aromatic heterocycles. The van der Waals surface area contributed by atoms with Gasteiger partial charge in [0.2, 0.25) is 15.9 Å². The molecular formula is C19H23FN2O3S. The highest BCUT2D eigenvalue weighted by molar-refractivity contribution is 7.88. The van der Waals surface area contributed by atoms with Crippen molar-refractivity contribution in [3.63, 3.8) is 0 Å². The number of rotatable bonds is 8. The summed E-state index contributed by atoms with van der Waals surface area (Å²) >= 11 is 0. The van der Waals surface area contributed by atoms with Crippen LogP contribution in [-0.2, 0) is 21.4 Å². The summed E-state index contributed by atoms with van der Waals surface area (Å²) in [5.74, 6) is -0.525. The molecule has 7 heteroatoms. The quantitative estimate of drug-likeness (QED) is 0.709. The largest absolute Gasteiger partial charge is 0.313 e. The molecule has 26 heavy (non-hydrogen) atoms. The Kier molecular flexibility index (Phi) is 6.88. The third-order valence-corrected chi connectivity index (χ3v) is 5.25. The molecule has 1 amide bonds. The van der Waals surface area contributed by atoms with Crippen LogP contribution in [0.4, 0.5) is 10.1 Å². The standard InChI is InChI=1S/C19H23FN2O3S/c1-3-22(18-7-5-4-6-8-18)19(23)13-14-21(26(2,24)25)15-16-9-11-17(20)12-10-16/h4-12H,3,13-15H2,1-2H3. The van der Waals surface area contributed by atoms with Crippen LogP contribution in [0.2, 0.25) is 0 Å². The van der Waals surface area contributed by atoms with Crippen molar-refractivity contribution in [3.05, 3.63) is 66.0 Å². The number of hydrogen-bond acceptors (Lipinski definition) is 3. The zero-order chi connectivity index (χ0) is 19.2. The maximum Gasteiger partial charge on any atom is 0.228 e. The Bertz CT molecular complexity index is 824. The van der Waals surface area contributed by atoms with Crippen molar-refractivity contribution in [2.24, 2.45) is 0 Å². The van der Waals surface area contributed by atoms with Crippen molar-refractivity contribution in [2.45, 2.75) is 19.9 Å². The summed E-state index contributed by atoms with van der Waals surface area (Å²) in [7, 11) is -3.50. The van der Waals surface area contributed by atoms with Crippen LogP contribution in [0.15, 0.2) is 54.6 Å². The molecule has 0 unspecified atom stereocenters. The number of benzene rings is 2. The first-order valence-corrected chi connectivity index (χ1v) is 10.2. The summed E-state index contributed by atoms with van der Waals surface area (Å²) in [4.78, 5) is 14.2. The number of carbonyl (C=O) groups excluding carboxylic acids is 1. The van der Waals surface area contributed by atoms with Gasteiger partial charge in [0.05, 0.1) is 6.26 Å². The summed E-state index contributed by atoms with van der Waals surface area (Å²) < 4.78 is 38.4. The third-order valence-electron chi connectivity index (χ3n) is 4.00. The highest BCUT2D eigenvalue weighted by Crippen LogP contribution is 2.16. The van der Waals surface area contributed by atoms with Crippen LogP contribution < -0.4 is 4.90 Å². The van der Waals surface area contributed by atoms with Gasteiger partial charge >= 0.3 is 0 Å². The molecule has 2 aromatic carbocycles. The Morgan fingerprint density at radius 3 is 2.19 bits per heavy atom. The van der Waals surface area contributed by atoms with E-state index in [1.165, 1.54) is 28.6 Å². The third kappa shape index (κ3) is 5.64. The van der Waals surface area contributed by atoms with E-state index in [1.54, 1.807) is 4.90 Å². The maximum atomic E-state index is 13.0. The molecule has 0 spiro atoms. The second-order valence-corrected chi connectivity index (χ2v) is 7.93. The molecule has 0 bridgehead atoms. The molecule has 140 valence electrons. The van der Waals surface area contributed by atoms with E-state index < -0.39 is 10.0 Å². The van der Waals surface area contributed by atoms with Crippen molar-refractivity contribution in [2.75, 3.05) is 24.2 Å². The molecule has 5 nitrogen and oxygen atoms in total. The number of para-hydroxylation sites is 1. The smallest absolute Gasteiger partial charge is 0.228 e. The fraction of sp³-hybridized carbons (Fsp3) is 0.316. The molecule has 0 heterocycles. The Morgan fingerprint density at radius 1 is 1.04 bits per heavy atom. The Hall–Kier alpha value is -2.25. The van der Waals surface area contributed by atoms with Crippen LogP contribution in [-0.4, -0.2) is 38.0 Å². The molecule has 0 radical (unpaired) electrons. The van der Waals surface area contributed by atoms with E-state index >= 15 is 0 Å². The van der Waals surface area contributed by atoms with E-state index in [0.717, 1.165) is 11.9 Å². The zero-order valence-corrected chi connectivity index (χ0v) is 15.7. The number of sulfonamides is 1. The van der Waals surface area contributed by atoms with Crippen molar-refractivity contribution in [1.82, 2.24) is 4.31 Å². The molecule has 2 rings (SSSR count). The van der Waals surface area contributed by atoms with Gasteiger partial charge in [0.15, 0.2) is 0 Å². The molecule has 0 saturated carbocycles. The maximum absolute atomic E-state index is 13.0. The first-order chi connectivity index (χ1) is 12.3. The fourth-order valence-electron chi connectivity index (χ4n) is 2.62. The highest BCUT2D eigenvalue weighted by Gasteiger charge is 2.21. The predicted octanol–water partition coefficient (Wildman–Crippen LogP) is 3.03. The van der Waals surface area contributed by atoms with Crippen molar-refractivity contribution in [3.8, 4) is 0 Å². The molecule has 2 aromatic rings. The van der Waals surface area contributed by atoms with Gasteiger partial charge in [-0.3, -0.25) is 4.79 Å². The normalized spacial score (nSPS) is 11.5. The first-order valence-electron chi connectivity index (χ1n) is 8.36. The molecular weight excluding hydrogens is 355 g/mol. The number of nitrogens with zero attached hydrogens (tertiary/aromatic N) is 2. The van der Waals surface area contributed by atoms with Crippen LogP contribution in [0.3, 0.4) is 0 Å². The highest BCUT2D eigenvalue weighted by atomic mass is 32.2. The lowest BCUT2D eigenvalue weighted by atomic mass is 10.2. The van der Waals surface area contributed by atoms with E-state index in [1.807, 2.05) is 37.3 Å². The summed E-state index contributed by atoms with van der Waals surface area (Å²) in [5, 5.41) is 0. The minimum Gasteiger partial charge on any atom is -0.313 e. The average Bonchev–Trinajstić information content (AvgIpc) is 2.60. The number of anilines is 1. The second kappa shape index (κ2) is 8.91. The van der Waals surface area contributed by atoms with E-state index in [4.69, 9.17) is 0 Å². The summed E-state index contributed by atoms with van der Waals surface area (Å²) in [6, 6.07) is 14.9. The van der Waals surface area contributed by atoms with Gasteiger partial charge in [-0.05, 0) is 36.8 Å². The van der Waals surface area contributed by atoms with Crippen molar-refractivity contribution in [1.29, 1.82) is 0 Å². The summed E-state index contributed by atoms with van der Waals surface area (Å²) in [6.07, 6.45) is 1.17. The van der Waals surface area contributed by atoms with E-state index in [-0.39, 0.29) is 31.2 Å². The summed E-state index contributed by atoms with van der Waals surface area (Å²) in [6.45, 7) is 2.54. The Morgan fingerprint density at radius 2 is 1.65 bits per heavy atom. The molecule has 0 aliphatic rings. The lowest BCUT2D eigenvalue weighted by molar-refractivity contribution is -0.118. The van der Waals surface area contributed by atoms with Gasteiger partial charge in [-0.2, -0.15) is 4.31 Å². The molecule has 0 atom stereocenters. The van der Waals surface area contributed by atoms with E-state index in [0.29, 0.717) is 12.1 Å². The summed E-state index contributed by atoms with van der Waals surface area (Å²) in [5.41, 5.74) is 1.45. The molecule has 0 aliphatic heterocycles. The van der Waals surface area contributed by atoms with E-state index in [2.05, 4.69) is 0 Å². The zero-order valence-electron chi connectivity index (χ0n) is 14.9. The van der Waals surface area contributed by atoms with Crippen LogP contribution >= 0.6 is 0 Å². The van der Waals surface area contributed by atoms with Gasteiger partial charge in [0, 0.05) is 31.7 Å². The van der Waals surface area contributed by atoms with Gasteiger partial charge in [0.25, 0.3) is 0 Å². The number of carbonyl (C=O) groups is 1. The monoisotopic (exact) mass is 378 g/mol. The van der Waals surface area contributed by atoms with Gasteiger partial charge < -0.3 is 4.90 Å². The van der Waals surface area contributed by atoms with Crippen LogP contribution in [0.25, 0.3) is 0 Å². The topological polar surface area (TPSA) is 57.7 Å². The van der Waals surface area contributed by atoms with Crippen LogP contribution in [0.5, 0.6) is 0 Å². The molecule has 0 saturated heterocycles. The molecule has 0 aliphatic carbocycles. The first kappa shape index (κ1) is 20.1. The minimum absolute atomic E-state index is 0.0665. The minimum atomic E-state index is -3.50.